The van der Waals surface area contributed by atoms with Crippen molar-refractivity contribution in [1.29, 1.82) is 0 Å². The second-order valence-electron chi connectivity index (χ2n) is 10.7. The average Bonchev–Trinajstić information content (AvgIpc) is 3.00. The summed E-state index contributed by atoms with van der Waals surface area (Å²) in [6, 6.07) is -1.97. The van der Waals surface area contributed by atoms with Crippen molar-refractivity contribution in [2.75, 3.05) is 39.3 Å². The van der Waals surface area contributed by atoms with E-state index in [0.717, 1.165) is 4.90 Å². The van der Waals surface area contributed by atoms with Crippen LogP contribution in [0.3, 0.4) is 0 Å². The molecule has 1 heterocycles. The zero-order valence-corrected chi connectivity index (χ0v) is 26.9. The van der Waals surface area contributed by atoms with Crippen LogP contribution in [0.5, 0.6) is 0 Å². The molecule has 0 radical (unpaired) electrons. The van der Waals surface area contributed by atoms with E-state index in [9.17, 15) is 33.6 Å². The first-order valence-electron chi connectivity index (χ1n) is 15.6. The first-order valence-corrected chi connectivity index (χ1v) is 15.6. The molecule has 1 saturated heterocycles. The minimum absolute atomic E-state index is 0.00710. The highest BCUT2D eigenvalue weighted by Crippen LogP contribution is 2.19. The summed E-state index contributed by atoms with van der Waals surface area (Å²) in [6.07, 6.45) is 1.73. The van der Waals surface area contributed by atoms with E-state index < -0.39 is 41.8 Å². The number of carbonyl (C=O) groups excluding carboxylic acids is 7. The molecule has 1 rings (SSSR count). The molecule has 0 saturated carbocycles. The summed E-state index contributed by atoms with van der Waals surface area (Å²) in [4.78, 5) is 91.4. The number of imide groups is 1. The van der Waals surface area contributed by atoms with Crippen molar-refractivity contribution in [3.05, 3.63) is 12.2 Å². The molecule has 1 fully saturated rings. The van der Waals surface area contributed by atoms with Gasteiger partial charge in [-0.05, 0) is 25.7 Å². The Labute approximate surface area is 260 Å². The first-order chi connectivity index (χ1) is 20.9. The first kappa shape index (κ1) is 38.1. The van der Waals surface area contributed by atoms with Crippen LogP contribution >= 0.6 is 0 Å². The highest BCUT2D eigenvalue weighted by molar-refractivity contribution is 5.94. The molecular weight excluding hydrogens is 570 g/mol. The minimum atomic E-state index is -0.798. The monoisotopic (exact) mass is 621 g/mol. The van der Waals surface area contributed by atoms with Crippen LogP contribution in [0.2, 0.25) is 0 Å². The Balaban J connectivity index is 3.20. The van der Waals surface area contributed by atoms with Gasteiger partial charge in [-0.3, -0.25) is 33.7 Å². The lowest BCUT2D eigenvalue weighted by atomic mass is 9.91. The van der Waals surface area contributed by atoms with E-state index in [1.54, 1.807) is 20.8 Å². The maximum Gasteiger partial charge on any atom is 0.324 e. The van der Waals surface area contributed by atoms with Crippen molar-refractivity contribution in [3.63, 3.8) is 0 Å². The number of rotatable bonds is 5. The third-order valence-corrected chi connectivity index (χ3v) is 7.46. The fourth-order valence-corrected chi connectivity index (χ4v) is 4.67. The summed E-state index contributed by atoms with van der Waals surface area (Å²) >= 11 is 0. The van der Waals surface area contributed by atoms with E-state index in [0.29, 0.717) is 24.8 Å². The molecule has 1 aliphatic heterocycles. The third kappa shape index (κ3) is 12.7. The molecule has 1 aliphatic rings. The molecule has 3 unspecified atom stereocenters. The zero-order chi connectivity index (χ0) is 33.2. The Morgan fingerprint density at radius 1 is 0.727 bits per heavy atom. The van der Waals surface area contributed by atoms with Crippen molar-refractivity contribution in [3.8, 4) is 0 Å². The highest BCUT2D eigenvalue weighted by atomic mass is 16.2. The number of carbonyl (C=O) groups is 7. The summed E-state index contributed by atoms with van der Waals surface area (Å²) in [7, 11) is 0. The summed E-state index contributed by atoms with van der Waals surface area (Å²) in [5.74, 6) is -2.79. The molecule has 0 aromatic carbocycles. The van der Waals surface area contributed by atoms with Crippen LogP contribution in [0, 0.1) is 5.92 Å². The van der Waals surface area contributed by atoms with Gasteiger partial charge >= 0.3 is 6.03 Å². The summed E-state index contributed by atoms with van der Waals surface area (Å²) < 4.78 is 0. The van der Waals surface area contributed by atoms with Crippen LogP contribution < -0.4 is 26.6 Å². The molecule has 0 aromatic rings. The normalized spacial score (nSPS) is 23.0. The fourth-order valence-electron chi connectivity index (χ4n) is 4.67. The van der Waals surface area contributed by atoms with Crippen LogP contribution in [-0.4, -0.2) is 103 Å². The predicted octanol–water partition coefficient (Wildman–Crippen LogP) is 0.571. The molecule has 5 N–H and O–H groups in total. The third-order valence-electron chi connectivity index (χ3n) is 7.46. The van der Waals surface area contributed by atoms with E-state index in [2.05, 4.69) is 33.2 Å². The second kappa shape index (κ2) is 20.1. The number of nitrogens with zero attached hydrogens (tertiary/aromatic N) is 2. The molecule has 14 heteroatoms. The van der Waals surface area contributed by atoms with Crippen LogP contribution in [0.15, 0.2) is 12.2 Å². The van der Waals surface area contributed by atoms with Crippen LogP contribution in [0.4, 0.5) is 4.79 Å². The Morgan fingerprint density at radius 2 is 1.34 bits per heavy atom. The lowest BCUT2D eigenvalue weighted by Gasteiger charge is -2.28. The summed E-state index contributed by atoms with van der Waals surface area (Å²) in [5.41, 5.74) is 0.596. The van der Waals surface area contributed by atoms with Gasteiger partial charge in [-0.1, -0.05) is 46.8 Å². The van der Waals surface area contributed by atoms with Gasteiger partial charge in [-0.15, -0.1) is 0 Å². The van der Waals surface area contributed by atoms with Gasteiger partial charge < -0.3 is 31.5 Å². The largest absolute Gasteiger partial charge is 0.354 e. The fraction of sp³-hybridized carbons (Fsp3) is 0.700. The molecule has 0 spiro atoms. The number of nitrogens with one attached hydrogen (secondary N) is 5. The van der Waals surface area contributed by atoms with Gasteiger partial charge in [0, 0.05) is 57.9 Å². The van der Waals surface area contributed by atoms with E-state index in [1.165, 1.54) is 4.90 Å². The topological polar surface area (TPSA) is 186 Å². The number of hydrogen-bond acceptors (Lipinski definition) is 7. The number of amides is 8. The lowest BCUT2D eigenvalue weighted by Crippen LogP contribution is -2.51. The van der Waals surface area contributed by atoms with E-state index in [1.807, 2.05) is 13.8 Å². The highest BCUT2D eigenvalue weighted by Gasteiger charge is 2.28. The smallest absolute Gasteiger partial charge is 0.324 e. The summed E-state index contributed by atoms with van der Waals surface area (Å²) in [5, 5.41) is 13.6. The van der Waals surface area contributed by atoms with Gasteiger partial charge in [0.05, 0.1) is 12.6 Å². The number of urea groups is 1. The van der Waals surface area contributed by atoms with Gasteiger partial charge in [0.1, 0.15) is 6.04 Å². The molecule has 3 atom stereocenters. The molecule has 14 nitrogen and oxygen atoms in total. The van der Waals surface area contributed by atoms with Crippen LogP contribution in [-0.2, 0) is 28.8 Å². The molecular formula is C30H51N7O7. The van der Waals surface area contributed by atoms with Gasteiger partial charge in [-0.25, -0.2) is 4.79 Å². The Kier molecular flexibility index (Phi) is 17.4. The quantitative estimate of drug-likeness (QED) is 0.278. The molecule has 0 bridgehead atoms. The van der Waals surface area contributed by atoms with E-state index in [4.69, 9.17) is 0 Å². The lowest BCUT2D eigenvalue weighted by molar-refractivity contribution is -0.136. The van der Waals surface area contributed by atoms with E-state index in [-0.39, 0.29) is 82.7 Å². The molecule has 0 aliphatic carbocycles. The van der Waals surface area contributed by atoms with Crippen LogP contribution in [0.25, 0.3) is 0 Å². The minimum Gasteiger partial charge on any atom is -0.354 e. The van der Waals surface area contributed by atoms with Crippen LogP contribution in [0.1, 0.15) is 79.6 Å². The SMILES string of the molecule is C=C1CC(CC)C(=O)NC(CC)C(=O)NCCC(=O)NCCN(C(=O)CC)CC(=O)NCCN(C(=O)CC)C(=O)NC1CC. The van der Waals surface area contributed by atoms with Gasteiger partial charge in [0.15, 0.2) is 0 Å². The molecule has 248 valence electrons. The predicted molar refractivity (Wildman–Crippen MR) is 165 cm³/mol. The maximum atomic E-state index is 13.2. The number of hydrogen-bond donors (Lipinski definition) is 5. The maximum absolute atomic E-state index is 13.2. The Morgan fingerprint density at radius 3 is 1.93 bits per heavy atom. The van der Waals surface area contributed by atoms with Crippen molar-refractivity contribution in [2.45, 2.75) is 91.6 Å². The summed E-state index contributed by atoms with van der Waals surface area (Å²) in [6.45, 7) is 12.7. The Hall–Kier alpha value is -3.97. The van der Waals surface area contributed by atoms with Gasteiger partial charge in [0.2, 0.25) is 35.4 Å². The van der Waals surface area contributed by atoms with Crippen molar-refractivity contribution in [1.82, 2.24) is 36.4 Å². The molecule has 0 aromatic heterocycles. The van der Waals surface area contributed by atoms with E-state index >= 15 is 0 Å². The zero-order valence-electron chi connectivity index (χ0n) is 26.9. The van der Waals surface area contributed by atoms with Crippen molar-refractivity contribution >= 4 is 41.5 Å². The molecule has 44 heavy (non-hydrogen) atoms. The second-order valence-corrected chi connectivity index (χ2v) is 10.7. The Bertz CT molecular complexity index is 1050. The van der Waals surface area contributed by atoms with Gasteiger partial charge in [0.25, 0.3) is 0 Å². The van der Waals surface area contributed by atoms with Crippen molar-refractivity contribution in [2.24, 2.45) is 5.92 Å². The van der Waals surface area contributed by atoms with Crippen molar-refractivity contribution < 1.29 is 33.6 Å². The average molecular weight is 622 g/mol. The van der Waals surface area contributed by atoms with Gasteiger partial charge in [-0.2, -0.15) is 0 Å². The standard InChI is InChI=1S/C30H51N7O7/c1-7-21-18-20(6)22(8-2)35-30(44)37(27(41)11-5)17-15-32-25(39)19-36(26(40)10-4)16-14-31-24(38)12-13-33-29(43)23(9-3)34-28(21)42/h21-23H,6-19H2,1-5H3,(H,31,38)(H,32,39)(H,33,43)(H,34,42)(H,35,44). The molecule has 8 amide bonds.